The summed E-state index contributed by atoms with van der Waals surface area (Å²) in [6, 6.07) is 0. The Morgan fingerprint density at radius 2 is 1.44 bits per heavy atom. The van der Waals surface area contributed by atoms with E-state index >= 15 is 0 Å². The van der Waals surface area contributed by atoms with E-state index in [9.17, 15) is 4.79 Å². The van der Waals surface area contributed by atoms with Crippen LogP contribution in [0.4, 0.5) is 0 Å². The molecule has 1 amide bonds. The Kier molecular flexibility index (Phi) is 16.3. The molecule has 0 unspecified atom stereocenters. The van der Waals surface area contributed by atoms with Gasteiger partial charge in [0.05, 0.1) is 0 Å². The minimum atomic E-state index is 0.270. The summed E-state index contributed by atoms with van der Waals surface area (Å²) in [7, 11) is 0. The molecular formula is C25H45NO. The highest BCUT2D eigenvalue weighted by atomic mass is 16.1. The molecule has 156 valence electrons. The molecule has 0 aromatic carbocycles. The van der Waals surface area contributed by atoms with Crippen molar-refractivity contribution in [1.82, 2.24) is 5.32 Å². The van der Waals surface area contributed by atoms with Crippen molar-refractivity contribution in [3.8, 4) is 0 Å². The summed E-state index contributed by atoms with van der Waals surface area (Å²) in [5.41, 5.74) is 0. The molecule has 1 aliphatic rings. The molecule has 0 aromatic rings. The third-order valence-electron chi connectivity index (χ3n) is 5.67. The molecule has 0 aromatic heterocycles. The third-order valence-corrected chi connectivity index (χ3v) is 5.67. The molecule has 1 N–H and O–H groups in total. The smallest absolute Gasteiger partial charge is 0.220 e. The third kappa shape index (κ3) is 15.7. The lowest BCUT2D eigenvalue weighted by Gasteiger charge is -2.21. The summed E-state index contributed by atoms with van der Waals surface area (Å²) in [4.78, 5) is 11.9. The van der Waals surface area contributed by atoms with Crippen molar-refractivity contribution in [2.75, 3.05) is 6.54 Å². The van der Waals surface area contributed by atoms with Crippen molar-refractivity contribution in [3.05, 3.63) is 24.3 Å². The van der Waals surface area contributed by atoms with E-state index in [1.54, 1.807) is 0 Å². The van der Waals surface area contributed by atoms with Crippen LogP contribution in [-0.4, -0.2) is 12.5 Å². The van der Waals surface area contributed by atoms with E-state index in [4.69, 9.17) is 0 Å². The van der Waals surface area contributed by atoms with Gasteiger partial charge in [-0.1, -0.05) is 82.6 Å². The van der Waals surface area contributed by atoms with Gasteiger partial charge in [0.2, 0.25) is 5.91 Å². The molecule has 0 atom stereocenters. The first-order valence-corrected chi connectivity index (χ1v) is 11.9. The van der Waals surface area contributed by atoms with Gasteiger partial charge in [-0.25, -0.2) is 0 Å². The average molecular weight is 376 g/mol. The largest absolute Gasteiger partial charge is 0.356 e. The summed E-state index contributed by atoms with van der Waals surface area (Å²) >= 11 is 0. The standard InChI is InChI=1S/C25H45NO/c1-2-3-4-5-6-7-8-9-10-11-12-13-14-15-19-22-25(27)26-23-24-20-17-16-18-21-24/h6-7,9-10,24H,2-5,8,11-23H2,1H3,(H,26,27)/b7-6-,10-9-. The second-order valence-electron chi connectivity index (χ2n) is 8.29. The van der Waals surface area contributed by atoms with Crippen molar-refractivity contribution in [1.29, 1.82) is 0 Å². The van der Waals surface area contributed by atoms with E-state index in [1.165, 1.54) is 89.9 Å². The lowest BCUT2D eigenvalue weighted by molar-refractivity contribution is -0.121. The van der Waals surface area contributed by atoms with Crippen LogP contribution in [0.15, 0.2) is 24.3 Å². The number of amides is 1. The van der Waals surface area contributed by atoms with Gasteiger partial charge in [0.15, 0.2) is 0 Å². The number of carbonyl (C=O) groups is 1. The molecule has 0 spiro atoms. The Balaban J connectivity index is 1.81. The first kappa shape index (κ1) is 24.0. The van der Waals surface area contributed by atoms with Crippen LogP contribution >= 0.6 is 0 Å². The van der Waals surface area contributed by atoms with Crippen molar-refractivity contribution in [2.24, 2.45) is 5.92 Å². The van der Waals surface area contributed by atoms with Gasteiger partial charge < -0.3 is 5.32 Å². The van der Waals surface area contributed by atoms with Crippen LogP contribution in [0.25, 0.3) is 0 Å². The van der Waals surface area contributed by atoms with Gasteiger partial charge in [0.25, 0.3) is 0 Å². The van der Waals surface area contributed by atoms with Gasteiger partial charge in [0.1, 0.15) is 0 Å². The van der Waals surface area contributed by atoms with Crippen molar-refractivity contribution >= 4 is 5.91 Å². The van der Waals surface area contributed by atoms with Gasteiger partial charge in [-0.15, -0.1) is 0 Å². The van der Waals surface area contributed by atoms with Gasteiger partial charge in [-0.05, 0) is 57.3 Å². The van der Waals surface area contributed by atoms with E-state index in [0.717, 1.165) is 31.7 Å². The lowest BCUT2D eigenvalue weighted by atomic mass is 9.89. The molecule has 0 saturated heterocycles. The molecule has 0 aliphatic heterocycles. The Hall–Kier alpha value is -1.05. The van der Waals surface area contributed by atoms with Crippen LogP contribution in [0.3, 0.4) is 0 Å². The molecule has 1 fully saturated rings. The summed E-state index contributed by atoms with van der Waals surface area (Å²) in [6.45, 7) is 3.17. The first-order valence-electron chi connectivity index (χ1n) is 11.9. The molecule has 2 heteroatoms. The highest BCUT2D eigenvalue weighted by Gasteiger charge is 2.13. The summed E-state index contributed by atoms with van der Waals surface area (Å²) in [5.74, 6) is 1.01. The SMILES string of the molecule is CCCCC/C=C\C/C=C\CCCCCCCC(=O)NCC1CCCCC1. The Labute approximate surface area is 169 Å². The number of hydrogen-bond acceptors (Lipinski definition) is 1. The van der Waals surface area contributed by atoms with E-state index in [1.807, 2.05) is 0 Å². The lowest BCUT2D eigenvalue weighted by Crippen LogP contribution is -2.29. The van der Waals surface area contributed by atoms with Crippen molar-refractivity contribution in [3.63, 3.8) is 0 Å². The van der Waals surface area contributed by atoms with E-state index < -0.39 is 0 Å². The highest BCUT2D eigenvalue weighted by molar-refractivity contribution is 5.75. The fraction of sp³-hybridized carbons (Fsp3) is 0.800. The van der Waals surface area contributed by atoms with Crippen LogP contribution in [0.2, 0.25) is 0 Å². The number of unbranched alkanes of at least 4 members (excludes halogenated alkanes) is 8. The fourth-order valence-corrected chi connectivity index (χ4v) is 3.83. The maximum absolute atomic E-state index is 11.9. The van der Waals surface area contributed by atoms with Crippen LogP contribution in [-0.2, 0) is 4.79 Å². The summed E-state index contributed by atoms with van der Waals surface area (Å²) < 4.78 is 0. The van der Waals surface area contributed by atoms with Gasteiger partial charge in [0, 0.05) is 13.0 Å². The van der Waals surface area contributed by atoms with E-state index in [0.29, 0.717) is 0 Å². The van der Waals surface area contributed by atoms with Crippen molar-refractivity contribution in [2.45, 2.75) is 116 Å². The maximum atomic E-state index is 11.9. The van der Waals surface area contributed by atoms with Gasteiger partial charge in [-0.2, -0.15) is 0 Å². The van der Waals surface area contributed by atoms with Gasteiger partial charge >= 0.3 is 0 Å². The van der Waals surface area contributed by atoms with E-state index in [-0.39, 0.29) is 5.91 Å². The normalized spacial score (nSPS) is 15.7. The Bertz CT molecular complexity index is 393. The molecule has 1 aliphatic carbocycles. The fourth-order valence-electron chi connectivity index (χ4n) is 3.83. The topological polar surface area (TPSA) is 29.1 Å². The molecule has 0 bridgehead atoms. The number of carbonyl (C=O) groups excluding carboxylic acids is 1. The zero-order valence-electron chi connectivity index (χ0n) is 18.0. The number of nitrogens with one attached hydrogen (secondary N) is 1. The Morgan fingerprint density at radius 3 is 2.15 bits per heavy atom. The monoisotopic (exact) mass is 375 g/mol. The minimum Gasteiger partial charge on any atom is -0.356 e. The molecule has 27 heavy (non-hydrogen) atoms. The quantitative estimate of drug-likeness (QED) is 0.220. The van der Waals surface area contributed by atoms with Gasteiger partial charge in [-0.3, -0.25) is 4.79 Å². The van der Waals surface area contributed by atoms with Crippen LogP contribution < -0.4 is 5.32 Å². The second kappa shape index (κ2) is 18.3. The Morgan fingerprint density at radius 1 is 0.815 bits per heavy atom. The van der Waals surface area contributed by atoms with Crippen molar-refractivity contribution < 1.29 is 4.79 Å². The number of allylic oxidation sites excluding steroid dienone is 4. The molecular weight excluding hydrogens is 330 g/mol. The molecule has 1 saturated carbocycles. The number of hydrogen-bond donors (Lipinski definition) is 1. The van der Waals surface area contributed by atoms with Crippen LogP contribution in [0.5, 0.6) is 0 Å². The average Bonchev–Trinajstić information content (AvgIpc) is 2.70. The number of rotatable bonds is 16. The predicted molar refractivity (Wildman–Crippen MR) is 119 cm³/mol. The molecule has 2 nitrogen and oxygen atoms in total. The van der Waals surface area contributed by atoms with E-state index in [2.05, 4.69) is 36.5 Å². The second-order valence-corrected chi connectivity index (χ2v) is 8.29. The van der Waals surface area contributed by atoms with Crippen LogP contribution in [0.1, 0.15) is 116 Å². The minimum absolute atomic E-state index is 0.270. The zero-order valence-corrected chi connectivity index (χ0v) is 18.0. The van der Waals surface area contributed by atoms with Crippen LogP contribution in [0, 0.1) is 5.92 Å². The summed E-state index contributed by atoms with van der Waals surface area (Å²) in [6.07, 6.45) is 30.3. The molecule has 1 rings (SSSR count). The molecule has 0 radical (unpaired) electrons. The highest BCUT2D eigenvalue weighted by Crippen LogP contribution is 2.22. The zero-order chi connectivity index (χ0) is 19.4. The maximum Gasteiger partial charge on any atom is 0.220 e. The first-order chi connectivity index (χ1) is 13.3. The molecule has 0 heterocycles. The summed E-state index contributed by atoms with van der Waals surface area (Å²) in [5, 5.41) is 3.15. The predicted octanol–water partition coefficient (Wildman–Crippen LogP) is 7.50.